The fourth-order valence-electron chi connectivity index (χ4n) is 6.24. The van der Waals surface area contributed by atoms with Crippen LogP contribution < -0.4 is 5.32 Å². The topological polar surface area (TPSA) is 109 Å². The number of ether oxygens (including phenoxy) is 2. The van der Waals surface area contributed by atoms with Crippen LogP contribution in [-0.4, -0.2) is 51.0 Å². The van der Waals surface area contributed by atoms with Crippen molar-refractivity contribution >= 4 is 20.2 Å². The van der Waals surface area contributed by atoms with E-state index in [1.165, 1.54) is 141 Å². The molecule has 0 spiro atoms. The van der Waals surface area contributed by atoms with E-state index in [0.29, 0.717) is 19.4 Å². The summed E-state index contributed by atoms with van der Waals surface area (Å²) in [6.45, 7) is 7.90. The zero-order valence-corrected chi connectivity index (χ0v) is 35.3. The van der Waals surface area contributed by atoms with Crippen LogP contribution in [0.1, 0.15) is 220 Å². The highest BCUT2D eigenvalue weighted by Crippen LogP contribution is 2.25. The lowest BCUT2D eigenvalue weighted by Crippen LogP contribution is -2.29. The minimum absolute atomic E-state index is 0.140. The predicted octanol–water partition coefficient (Wildman–Crippen LogP) is 12.5. The van der Waals surface area contributed by atoms with Crippen LogP contribution in [0.5, 0.6) is 0 Å². The molecule has 310 valence electrons. The van der Waals surface area contributed by atoms with Crippen LogP contribution >= 0.6 is 8.25 Å². The summed E-state index contributed by atoms with van der Waals surface area (Å²) in [7, 11) is -2.96. The van der Waals surface area contributed by atoms with Crippen molar-refractivity contribution in [2.24, 2.45) is 0 Å². The maximum Gasteiger partial charge on any atom is 0.347 e. The standard InChI is InChI=1S/C42H84NO8P/c1-4-7-9-11-13-15-17-19-21-23-25-27-29-31-33-41(44)47-38-40(39-49-52(46)51-48-37-36-43-35-6-3)50-42(45)34-32-30-28-26-24-22-20-18-16-14-12-10-8-5-2/h40,43,52H,4-39H2,1-3H3. The highest BCUT2D eigenvalue weighted by Gasteiger charge is 2.19. The Morgan fingerprint density at radius 1 is 0.500 bits per heavy atom. The molecule has 9 nitrogen and oxygen atoms in total. The zero-order valence-electron chi connectivity index (χ0n) is 34.3. The maximum atomic E-state index is 12.6. The summed E-state index contributed by atoms with van der Waals surface area (Å²) in [5, 5.41) is 3.15. The number of nitrogens with one attached hydrogen (secondary N) is 1. The number of esters is 2. The molecule has 0 rings (SSSR count). The van der Waals surface area contributed by atoms with Gasteiger partial charge in [0.15, 0.2) is 6.10 Å². The van der Waals surface area contributed by atoms with E-state index in [-0.39, 0.29) is 31.8 Å². The molecular formula is C42H84NO8P. The molecule has 0 saturated carbocycles. The average molecular weight is 762 g/mol. The average Bonchev–Trinajstić information content (AvgIpc) is 3.14. The lowest BCUT2D eigenvalue weighted by atomic mass is 10.0. The van der Waals surface area contributed by atoms with Gasteiger partial charge < -0.3 is 19.3 Å². The summed E-state index contributed by atoms with van der Waals surface area (Å²) < 4.78 is 33.3. The molecule has 0 aliphatic rings. The van der Waals surface area contributed by atoms with Gasteiger partial charge in [0.2, 0.25) is 0 Å². The van der Waals surface area contributed by atoms with Crippen molar-refractivity contribution in [3.05, 3.63) is 0 Å². The summed E-state index contributed by atoms with van der Waals surface area (Å²) >= 11 is 0. The molecule has 2 atom stereocenters. The number of unbranched alkanes of at least 4 members (excludes halogenated alkanes) is 26. The molecule has 0 aliphatic heterocycles. The Balaban J connectivity index is 4.21. The number of carbonyl (C=O) groups is 2. The van der Waals surface area contributed by atoms with Gasteiger partial charge in [-0.2, -0.15) is 4.67 Å². The van der Waals surface area contributed by atoms with Gasteiger partial charge in [-0.3, -0.25) is 14.2 Å². The van der Waals surface area contributed by atoms with E-state index in [0.717, 1.165) is 51.5 Å². The Labute approximate surface area is 321 Å². The summed E-state index contributed by atoms with van der Waals surface area (Å²) in [6.07, 6.45) is 35.8. The van der Waals surface area contributed by atoms with Crippen molar-refractivity contribution in [2.75, 3.05) is 32.9 Å². The van der Waals surface area contributed by atoms with Gasteiger partial charge in [-0.25, -0.2) is 4.89 Å². The molecule has 0 saturated heterocycles. The Bertz CT molecular complexity index is 787. The minimum atomic E-state index is -2.96. The second kappa shape index (κ2) is 42.7. The molecule has 52 heavy (non-hydrogen) atoms. The third-order valence-electron chi connectivity index (χ3n) is 9.50. The van der Waals surface area contributed by atoms with Crippen molar-refractivity contribution in [3.63, 3.8) is 0 Å². The molecule has 0 bridgehead atoms. The van der Waals surface area contributed by atoms with E-state index in [1.54, 1.807) is 0 Å². The molecule has 0 aromatic carbocycles. The molecule has 10 heteroatoms. The van der Waals surface area contributed by atoms with E-state index in [2.05, 4.69) is 26.1 Å². The summed E-state index contributed by atoms with van der Waals surface area (Å²) in [4.78, 5) is 30.0. The zero-order chi connectivity index (χ0) is 38.0. The maximum absolute atomic E-state index is 12.6. The molecule has 0 radical (unpaired) electrons. The van der Waals surface area contributed by atoms with Crippen LogP contribution in [0.25, 0.3) is 0 Å². The molecule has 1 N–H and O–H groups in total. The van der Waals surface area contributed by atoms with Gasteiger partial charge in [-0.1, -0.05) is 188 Å². The Kier molecular flexibility index (Phi) is 41.9. The highest BCUT2D eigenvalue weighted by molar-refractivity contribution is 7.33. The minimum Gasteiger partial charge on any atom is -0.462 e. The van der Waals surface area contributed by atoms with Crippen molar-refractivity contribution in [1.29, 1.82) is 0 Å². The van der Waals surface area contributed by atoms with Gasteiger partial charge >= 0.3 is 20.2 Å². The van der Waals surface area contributed by atoms with E-state index < -0.39 is 14.4 Å². The molecule has 0 aliphatic carbocycles. The van der Waals surface area contributed by atoms with Gasteiger partial charge in [0.25, 0.3) is 0 Å². The fraction of sp³-hybridized carbons (Fsp3) is 0.952. The van der Waals surface area contributed by atoms with Crippen LogP contribution in [-0.2, 0) is 37.7 Å². The predicted molar refractivity (Wildman–Crippen MR) is 216 cm³/mol. The smallest absolute Gasteiger partial charge is 0.347 e. The third-order valence-corrected chi connectivity index (χ3v) is 10.2. The first-order valence-electron chi connectivity index (χ1n) is 22.0. The SMILES string of the molecule is CCCCCCCCCCCCCCCCC(=O)OCC(CO[PH](=O)OOCCNCCC)OC(=O)CCCCCCCCCCCCCCCC. The van der Waals surface area contributed by atoms with Gasteiger partial charge in [0.1, 0.15) is 6.61 Å². The lowest BCUT2D eigenvalue weighted by molar-refractivity contribution is -0.209. The summed E-state index contributed by atoms with van der Waals surface area (Å²) in [5.74, 6) is -0.687. The monoisotopic (exact) mass is 762 g/mol. The Morgan fingerprint density at radius 2 is 0.904 bits per heavy atom. The molecule has 0 heterocycles. The highest BCUT2D eigenvalue weighted by atomic mass is 31.1. The van der Waals surface area contributed by atoms with E-state index in [9.17, 15) is 14.2 Å². The van der Waals surface area contributed by atoms with Crippen molar-refractivity contribution < 1.29 is 37.7 Å². The molecule has 0 fully saturated rings. The van der Waals surface area contributed by atoms with Crippen LogP contribution in [0.15, 0.2) is 0 Å². The third kappa shape index (κ3) is 40.2. The quantitative estimate of drug-likeness (QED) is 0.0213. The van der Waals surface area contributed by atoms with Crippen molar-refractivity contribution in [3.8, 4) is 0 Å². The van der Waals surface area contributed by atoms with Crippen LogP contribution in [0.3, 0.4) is 0 Å². The fourth-order valence-corrected chi connectivity index (χ4v) is 6.79. The first kappa shape index (κ1) is 51.0. The molecule has 0 aromatic heterocycles. The van der Waals surface area contributed by atoms with Gasteiger partial charge in [0.05, 0.1) is 13.2 Å². The largest absolute Gasteiger partial charge is 0.462 e. The van der Waals surface area contributed by atoms with E-state index in [1.807, 2.05) is 0 Å². The van der Waals surface area contributed by atoms with Crippen LogP contribution in [0.2, 0.25) is 0 Å². The summed E-state index contributed by atoms with van der Waals surface area (Å²) in [5.41, 5.74) is 0. The van der Waals surface area contributed by atoms with Crippen molar-refractivity contribution in [1.82, 2.24) is 5.32 Å². The molecule has 0 aromatic rings. The van der Waals surface area contributed by atoms with Gasteiger partial charge in [-0.05, 0) is 25.8 Å². The van der Waals surface area contributed by atoms with Crippen LogP contribution in [0.4, 0.5) is 0 Å². The Morgan fingerprint density at radius 3 is 1.33 bits per heavy atom. The molecule has 2 unspecified atom stereocenters. The van der Waals surface area contributed by atoms with Gasteiger partial charge in [-0.15, -0.1) is 0 Å². The first-order chi connectivity index (χ1) is 25.5. The van der Waals surface area contributed by atoms with Gasteiger partial charge in [0, 0.05) is 19.4 Å². The van der Waals surface area contributed by atoms with E-state index >= 15 is 0 Å². The Hall–Kier alpha value is -0.990. The normalized spacial score (nSPS) is 12.6. The number of carbonyl (C=O) groups excluding carboxylic acids is 2. The molecule has 0 amide bonds. The van der Waals surface area contributed by atoms with Crippen molar-refractivity contribution in [2.45, 2.75) is 226 Å². The summed E-state index contributed by atoms with van der Waals surface area (Å²) in [6, 6.07) is 0. The first-order valence-corrected chi connectivity index (χ1v) is 23.3. The second-order valence-corrected chi connectivity index (χ2v) is 15.7. The van der Waals surface area contributed by atoms with E-state index in [4.69, 9.17) is 23.6 Å². The number of hydrogen-bond acceptors (Lipinski definition) is 9. The lowest BCUT2D eigenvalue weighted by Gasteiger charge is -2.18. The number of hydrogen-bond donors (Lipinski definition) is 1. The molecular weight excluding hydrogens is 677 g/mol. The van der Waals surface area contributed by atoms with Crippen LogP contribution in [0, 0.1) is 0 Å². The second-order valence-electron chi connectivity index (χ2n) is 14.7. The number of rotatable bonds is 43.